The molecule has 1 aromatic carbocycles. The molecule has 5 rings (SSSR count). The van der Waals surface area contributed by atoms with Crippen LogP contribution in [0.3, 0.4) is 0 Å². The van der Waals surface area contributed by atoms with Crippen LogP contribution in [0.4, 0.5) is 5.69 Å². The summed E-state index contributed by atoms with van der Waals surface area (Å²) in [6.07, 6.45) is 4.26. The number of hydrogen-bond donors (Lipinski definition) is 1. The molecule has 0 unspecified atom stereocenters. The number of carbonyl (C=O) groups is 1. The van der Waals surface area contributed by atoms with Crippen LogP contribution >= 0.6 is 11.8 Å². The van der Waals surface area contributed by atoms with Crippen LogP contribution in [0.25, 0.3) is 6.08 Å². The predicted octanol–water partition coefficient (Wildman–Crippen LogP) is 4.15. The number of carbonyl (C=O) groups excluding carboxylic acids is 1. The highest BCUT2D eigenvalue weighted by molar-refractivity contribution is 8.15. The quantitative estimate of drug-likeness (QED) is 0.778. The second kappa shape index (κ2) is 7.00. The Labute approximate surface area is 173 Å². The van der Waals surface area contributed by atoms with Gasteiger partial charge in [-0.3, -0.25) is 15.1 Å². The number of benzene rings is 1. The van der Waals surface area contributed by atoms with Crippen LogP contribution in [-0.2, 0) is 16.1 Å². The molecule has 6 nitrogen and oxygen atoms in total. The fourth-order valence-corrected chi connectivity index (χ4v) is 5.18. The molecule has 0 spiro atoms. The number of nitrogens with one attached hydrogen (secondary N) is 1. The fraction of sp³-hybridized carbons (Fsp3) is 0.318. The van der Waals surface area contributed by atoms with E-state index in [1.165, 1.54) is 11.8 Å². The van der Waals surface area contributed by atoms with Crippen molar-refractivity contribution in [1.29, 1.82) is 5.41 Å². The number of anilines is 1. The van der Waals surface area contributed by atoms with Crippen LogP contribution in [0.15, 0.2) is 45.8 Å². The van der Waals surface area contributed by atoms with Gasteiger partial charge in [-0.2, -0.15) is 4.99 Å². The Morgan fingerprint density at radius 2 is 2.17 bits per heavy atom. The van der Waals surface area contributed by atoms with E-state index in [2.05, 4.69) is 29.5 Å². The lowest BCUT2D eigenvalue weighted by atomic mass is 10.1. The molecule has 3 aliphatic heterocycles. The standard InChI is InChI=1S/C22H22N4O2S/c1-13-10-15(14(2)25(13)12-16-6-5-9-28-16)11-17-20(23)26-18-7-3-4-8-19(18)29-22(26)24-21(17)27/h3-4,7-8,10-11,16,23H,5-6,9,12H2,1-2H3/b17-11-,23-20?/t16-/m1/s1. The zero-order chi connectivity index (χ0) is 20.1. The largest absolute Gasteiger partial charge is 0.376 e. The average molecular weight is 407 g/mol. The SMILES string of the molecule is Cc1cc(/C=C2/C(=N)N3C(=NC2=O)Sc2ccccc23)c(C)n1C[C@H]1CCCO1. The maximum atomic E-state index is 12.7. The number of aliphatic imine (C=N–C) groups is 1. The van der Waals surface area contributed by atoms with Gasteiger partial charge in [0.05, 0.1) is 17.4 Å². The molecule has 0 bridgehead atoms. The molecule has 1 saturated heterocycles. The Morgan fingerprint density at radius 1 is 1.34 bits per heavy atom. The highest BCUT2D eigenvalue weighted by atomic mass is 32.2. The summed E-state index contributed by atoms with van der Waals surface area (Å²) in [5.41, 5.74) is 4.39. The van der Waals surface area contributed by atoms with E-state index < -0.39 is 0 Å². The smallest absolute Gasteiger partial charge is 0.283 e. The molecule has 1 fully saturated rings. The van der Waals surface area contributed by atoms with Gasteiger partial charge in [0, 0.05) is 29.4 Å². The molecule has 0 radical (unpaired) electrons. The number of amidine groups is 2. The van der Waals surface area contributed by atoms with Gasteiger partial charge in [-0.05, 0) is 68.3 Å². The molecule has 0 saturated carbocycles. The van der Waals surface area contributed by atoms with Crippen LogP contribution in [-0.4, -0.2) is 34.2 Å². The molecule has 29 heavy (non-hydrogen) atoms. The Balaban J connectivity index is 1.50. The minimum atomic E-state index is -0.356. The molecule has 7 heteroatoms. The lowest BCUT2D eigenvalue weighted by Crippen LogP contribution is -2.39. The highest BCUT2D eigenvalue weighted by Crippen LogP contribution is 2.42. The summed E-state index contributed by atoms with van der Waals surface area (Å²) in [6.45, 7) is 5.79. The lowest BCUT2D eigenvalue weighted by molar-refractivity contribution is -0.113. The number of thioether (sulfide) groups is 1. The van der Waals surface area contributed by atoms with Gasteiger partial charge in [0.2, 0.25) is 0 Å². The minimum absolute atomic E-state index is 0.182. The van der Waals surface area contributed by atoms with Crippen molar-refractivity contribution in [3.05, 3.63) is 52.9 Å². The zero-order valence-corrected chi connectivity index (χ0v) is 17.3. The number of nitrogens with zero attached hydrogens (tertiary/aromatic N) is 3. The molecule has 1 amide bonds. The normalized spacial score (nSPS) is 22.3. The van der Waals surface area contributed by atoms with Crippen molar-refractivity contribution in [3.8, 4) is 0 Å². The first-order chi connectivity index (χ1) is 14.0. The first-order valence-corrected chi connectivity index (χ1v) is 10.6. The van der Waals surface area contributed by atoms with E-state index in [0.29, 0.717) is 10.7 Å². The van der Waals surface area contributed by atoms with E-state index in [9.17, 15) is 4.79 Å². The molecule has 4 heterocycles. The summed E-state index contributed by atoms with van der Waals surface area (Å²) in [5.74, 6) is -0.174. The van der Waals surface area contributed by atoms with Crippen LogP contribution in [0.2, 0.25) is 0 Å². The van der Waals surface area contributed by atoms with E-state index in [1.807, 2.05) is 30.3 Å². The van der Waals surface area contributed by atoms with E-state index >= 15 is 0 Å². The molecule has 1 atom stereocenters. The fourth-order valence-electron chi connectivity index (χ4n) is 4.17. The number of rotatable bonds is 3. The van der Waals surface area contributed by atoms with Crippen molar-refractivity contribution in [2.45, 2.75) is 44.2 Å². The third-order valence-electron chi connectivity index (χ3n) is 5.73. The molecular weight excluding hydrogens is 384 g/mol. The van der Waals surface area contributed by atoms with Gasteiger partial charge < -0.3 is 9.30 Å². The van der Waals surface area contributed by atoms with Crippen LogP contribution in [0.1, 0.15) is 29.8 Å². The van der Waals surface area contributed by atoms with Crippen LogP contribution < -0.4 is 4.90 Å². The molecule has 3 aliphatic rings. The number of ether oxygens (including phenoxy) is 1. The zero-order valence-electron chi connectivity index (χ0n) is 16.4. The van der Waals surface area contributed by atoms with Gasteiger partial charge in [-0.1, -0.05) is 12.1 Å². The predicted molar refractivity (Wildman–Crippen MR) is 116 cm³/mol. The summed E-state index contributed by atoms with van der Waals surface area (Å²) in [5, 5.41) is 9.27. The Kier molecular flexibility index (Phi) is 4.44. The number of para-hydroxylation sites is 1. The summed E-state index contributed by atoms with van der Waals surface area (Å²) >= 11 is 1.43. The topological polar surface area (TPSA) is 70.7 Å². The van der Waals surface area contributed by atoms with Crippen molar-refractivity contribution in [2.75, 3.05) is 11.5 Å². The van der Waals surface area contributed by atoms with Gasteiger partial charge in [-0.15, -0.1) is 0 Å². The van der Waals surface area contributed by atoms with Gasteiger partial charge in [0.25, 0.3) is 5.91 Å². The monoisotopic (exact) mass is 406 g/mol. The number of aromatic nitrogens is 1. The van der Waals surface area contributed by atoms with E-state index in [-0.39, 0.29) is 17.8 Å². The first kappa shape index (κ1) is 18.4. The summed E-state index contributed by atoms with van der Waals surface area (Å²) in [6, 6.07) is 9.91. The van der Waals surface area contributed by atoms with Gasteiger partial charge >= 0.3 is 0 Å². The summed E-state index contributed by atoms with van der Waals surface area (Å²) in [7, 11) is 0. The van der Waals surface area contributed by atoms with Crippen molar-refractivity contribution in [3.63, 3.8) is 0 Å². The lowest BCUT2D eigenvalue weighted by Gasteiger charge is -2.24. The number of fused-ring (bicyclic) bond motifs is 3. The maximum Gasteiger partial charge on any atom is 0.283 e. The van der Waals surface area contributed by atoms with Gasteiger partial charge in [-0.25, -0.2) is 0 Å². The molecule has 148 valence electrons. The Bertz CT molecular complexity index is 1090. The Morgan fingerprint density at radius 3 is 2.97 bits per heavy atom. The van der Waals surface area contributed by atoms with Crippen molar-refractivity contribution < 1.29 is 9.53 Å². The first-order valence-electron chi connectivity index (χ1n) is 9.82. The van der Waals surface area contributed by atoms with Crippen molar-refractivity contribution in [1.82, 2.24) is 4.57 Å². The second-order valence-electron chi connectivity index (χ2n) is 7.58. The van der Waals surface area contributed by atoms with Crippen molar-refractivity contribution >= 4 is 40.4 Å². The Hall–Kier alpha value is -2.64. The van der Waals surface area contributed by atoms with E-state index in [0.717, 1.165) is 53.5 Å². The van der Waals surface area contributed by atoms with Crippen LogP contribution in [0.5, 0.6) is 0 Å². The molecular formula is C22H22N4O2S. The molecule has 0 aliphatic carbocycles. The van der Waals surface area contributed by atoms with Gasteiger partial charge in [0.1, 0.15) is 5.84 Å². The number of aryl methyl sites for hydroxylation is 1. The third-order valence-corrected chi connectivity index (χ3v) is 6.75. The van der Waals surface area contributed by atoms with Crippen LogP contribution in [0, 0.1) is 19.3 Å². The van der Waals surface area contributed by atoms with Gasteiger partial charge in [0.15, 0.2) is 5.17 Å². The maximum absolute atomic E-state index is 12.7. The minimum Gasteiger partial charge on any atom is -0.376 e. The molecule has 1 aromatic heterocycles. The molecule has 2 aromatic rings. The van der Waals surface area contributed by atoms with Crippen molar-refractivity contribution in [2.24, 2.45) is 4.99 Å². The number of hydrogen-bond acceptors (Lipinski definition) is 4. The number of amides is 1. The summed E-state index contributed by atoms with van der Waals surface area (Å²) in [4.78, 5) is 19.8. The average Bonchev–Trinajstić information content (AvgIpc) is 3.40. The van der Waals surface area contributed by atoms with E-state index in [1.54, 1.807) is 4.90 Å². The molecule has 1 N–H and O–H groups in total. The summed E-state index contributed by atoms with van der Waals surface area (Å²) < 4.78 is 8.03. The third kappa shape index (κ3) is 3.05. The van der Waals surface area contributed by atoms with E-state index in [4.69, 9.17) is 10.1 Å². The second-order valence-corrected chi connectivity index (χ2v) is 8.59. The highest BCUT2D eigenvalue weighted by Gasteiger charge is 2.37.